The Bertz CT molecular complexity index is 491. The summed E-state index contributed by atoms with van der Waals surface area (Å²) in [4.78, 5) is 33.5. The maximum atomic E-state index is 11.5. The highest BCUT2D eigenvalue weighted by atomic mass is 16.5. The van der Waals surface area contributed by atoms with E-state index in [1.807, 2.05) is 0 Å². The Balaban J connectivity index is 2.77. The molecule has 6 heteroatoms. The summed E-state index contributed by atoms with van der Waals surface area (Å²) in [6.07, 6.45) is 2.92. The summed E-state index contributed by atoms with van der Waals surface area (Å²) in [7, 11) is 0. The molecule has 1 aromatic rings. The molecule has 0 spiro atoms. The Kier molecular flexibility index (Phi) is 5.10. The van der Waals surface area contributed by atoms with Gasteiger partial charge in [-0.25, -0.2) is 4.79 Å². The fourth-order valence-corrected chi connectivity index (χ4v) is 1.32. The first-order valence-electron chi connectivity index (χ1n) is 5.55. The van der Waals surface area contributed by atoms with Crippen molar-refractivity contribution in [3.05, 3.63) is 34.2 Å². The van der Waals surface area contributed by atoms with E-state index in [-0.39, 0.29) is 24.7 Å². The first-order valence-corrected chi connectivity index (χ1v) is 5.55. The lowest BCUT2D eigenvalue weighted by molar-refractivity contribution is -0.141. The molecular formula is C12H15NO5. The van der Waals surface area contributed by atoms with Crippen LogP contribution in [-0.2, 0) is 20.8 Å². The molecule has 0 N–H and O–H groups in total. The Hall–Kier alpha value is -2.11. The predicted molar refractivity (Wildman–Crippen MR) is 63.3 cm³/mol. The molecule has 0 amide bonds. The highest BCUT2D eigenvalue weighted by molar-refractivity contribution is 5.88. The Morgan fingerprint density at radius 3 is 2.67 bits per heavy atom. The molecule has 0 radical (unpaired) electrons. The molecule has 0 fully saturated rings. The van der Waals surface area contributed by atoms with Crippen LogP contribution in [0.5, 0.6) is 0 Å². The van der Waals surface area contributed by atoms with E-state index in [9.17, 15) is 14.4 Å². The van der Waals surface area contributed by atoms with Gasteiger partial charge in [0.2, 0.25) is 0 Å². The van der Waals surface area contributed by atoms with Gasteiger partial charge in [-0.2, -0.15) is 0 Å². The molecule has 1 rings (SSSR count). The summed E-state index contributed by atoms with van der Waals surface area (Å²) in [5.41, 5.74) is -0.417. The SMILES string of the molecule is CCOC(=O)c1cn(CCOC(C)=O)ccc1=O. The Morgan fingerprint density at radius 1 is 1.33 bits per heavy atom. The van der Waals surface area contributed by atoms with E-state index >= 15 is 0 Å². The second-order valence-electron chi connectivity index (χ2n) is 3.52. The van der Waals surface area contributed by atoms with Crippen LogP contribution < -0.4 is 5.43 Å². The van der Waals surface area contributed by atoms with Gasteiger partial charge in [-0.15, -0.1) is 0 Å². The minimum atomic E-state index is -0.649. The van der Waals surface area contributed by atoms with Crippen molar-refractivity contribution >= 4 is 11.9 Å². The molecule has 0 aliphatic rings. The molecule has 0 aliphatic carbocycles. The molecule has 0 saturated heterocycles. The average Bonchev–Trinajstić information content (AvgIpc) is 2.31. The van der Waals surface area contributed by atoms with Gasteiger partial charge >= 0.3 is 11.9 Å². The van der Waals surface area contributed by atoms with Crippen LogP contribution in [0.1, 0.15) is 24.2 Å². The van der Waals surface area contributed by atoms with Gasteiger partial charge in [0.1, 0.15) is 12.2 Å². The van der Waals surface area contributed by atoms with E-state index in [2.05, 4.69) is 0 Å². The molecule has 1 heterocycles. The van der Waals surface area contributed by atoms with Crippen LogP contribution in [0.25, 0.3) is 0 Å². The fourth-order valence-electron chi connectivity index (χ4n) is 1.32. The van der Waals surface area contributed by atoms with E-state index in [1.54, 1.807) is 11.5 Å². The second-order valence-corrected chi connectivity index (χ2v) is 3.52. The molecule has 0 unspecified atom stereocenters. The lowest BCUT2D eigenvalue weighted by Crippen LogP contribution is -2.20. The zero-order valence-corrected chi connectivity index (χ0v) is 10.3. The van der Waals surface area contributed by atoms with Crippen molar-refractivity contribution in [3.63, 3.8) is 0 Å². The maximum absolute atomic E-state index is 11.5. The monoisotopic (exact) mass is 253 g/mol. The number of ether oxygens (including phenoxy) is 2. The standard InChI is InChI=1S/C12H15NO5/c1-3-17-12(16)10-8-13(5-4-11(10)15)6-7-18-9(2)14/h4-5,8H,3,6-7H2,1-2H3. The van der Waals surface area contributed by atoms with Crippen molar-refractivity contribution in [2.45, 2.75) is 20.4 Å². The molecule has 98 valence electrons. The molecule has 6 nitrogen and oxygen atoms in total. The third-order valence-corrected chi connectivity index (χ3v) is 2.13. The van der Waals surface area contributed by atoms with Crippen LogP contribution in [0, 0.1) is 0 Å². The second kappa shape index (κ2) is 6.58. The topological polar surface area (TPSA) is 74.6 Å². The van der Waals surface area contributed by atoms with Crippen LogP contribution in [-0.4, -0.2) is 29.7 Å². The number of hydrogen-bond donors (Lipinski definition) is 0. The Morgan fingerprint density at radius 2 is 2.06 bits per heavy atom. The number of rotatable bonds is 5. The zero-order valence-electron chi connectivity index (χ0n) is 10.3. The number of hydrogen-bond acceptors (Lipinski definition) is 5. The minimum Gasteiger partial charge on any atom is -0.464 e. The van der Waals surface area contributed by atoms with E-state index < -0.39 is 11.4 Å². The van der Waals surface area contributed by atoms with Crippen LogP contribution in [0.3, 0.4) is 0 Å². The van der Waals surface area contributed by atoms with E-state index in [4.69, 9.17) is 9.47 Å². The number of aromatic nitrogens is 1. The average molecular weight is 253 g/mol. The van der Waals surface area contributed by atoms with Crippen molar-refractivity contribution < 1.29 is 19.1 Å². The van der Waals surface area contributed by atoms with Crippen LogP contribution in [0.2, 0.25) is 0 Å². The molecule has 18 heavy (non-hydrogen) atoms. The van der Waals surface area contributed by atoms with Gasteiger partial charge in [-0.1, -0.05) is 0 Å². The van der Waals surface area contributed by atoms with Crippen LogP contribution >= 0.6 is 0 Å². The summed E-state index contributed by atoms with van der Waals surface area (Å²) < 4.78 is 11.1. The van der Waals surface area contributed by atoms with Gasteiger partial charge in [0.15, 0.2) is 5.43 Å². The van der Waals surface area contributed by atoms with Gasteiger partial charge in [-0.05, 0) is 6.92 Å². The fraction of sp³-hybridized carbons (Fsp3) is 0.417. The molecule has 0 aromatic carbocycles. The van der Waals surface area contributed by atoms with Crippen LogP contribution in [0.15, 0.2) is 23.3 Å². The van der Waals surface area contributed by atoms with E-state index in [1.165, 1.54) is 25.4 Å². The number of carbonyl (C=O) groups is 2. The number of esters is 2. The largest absolute Gasteiger partial charge is 0.464 e. The molecule has 1 aromatic heterocycles. The van der Waals surface area contributed by atoms with Gasteiger partial charge in [0.05, 0.1) is 13.2 Å². The summed E-state index contributed by atoms with van der Waals surface area (Å²) in [6.45, 7) is 3.74. The van der Waals surface area contributed by atoms with Crippen LogP contribution in [0.4, 0.5) is 0 Å². The third-order valence-electron chi connectivity index (χ3n) is 2.13. The smallest absolute Gasteiger partial charge is 0.343 e. The highest BCUT2D eigenvalue weighted by Crippen LogP contribution is 1.97. The predicted octanol–water partition coefficient (Wildman–Crippen LogP) is 0.588. The summed E-state index contributed by atoms with van der Waals surface area (Å²) >= 11 is 0. The van der Waals surface area contributed by atoms with Crippen molar-refractivity contribution in [1.29, 1.82) is 0 Å². The first-order chi connectivity index (χ1) is 8.54. The third kappa shape index (κ3) is 4.04. The molecule has 0 saturated carbocycles. The normalized spacial score (nSPS) is 9.89. The van der Waals surface area contributed by atoms with Crippen molar-refractivity contribution in [3.8, 4) is 0 Å². The molecule has 0 bridgehead atoms. The first kappa shape index (κ1) is 14.0. The lowest BCUT2D eigenvalue weighted by Gasteiger charge is -2.08. The van der Waals surface area contributed by atoms with E-state index in [0.717, 1.165) is 0 Å². The van der Waals surface area contributed by atoms with Gasteiger partial charge in [0, 0.05) is 25.4 Å². The maximum Gasteiger partial charge on any atom is 0.343 e. The van der Waals surface area contributed by atoms with Gasteiger partial charge in [-0.3, -0.25) is 9.59 Å². The molecule has 0 atom stereocenters. The van der Waals surface area contributed by atoms with Gasteiger partial charge in [0.25, 0.3) is 0 Å². The lowest BCUT2D eigenvalue weighted by atomic mass is 10.3. The van der Waals surface area contributed by atoms with Crippen molar-refractivity contribution in [1.82, 2.24) is 4.57 Å². The number of carbonyl (C=O) groups excluding carboxylic acids is 2. The van der Waals surface area contributed by atoms with Crippen molar-refractivity contribution in [2.75, 3.05) is 13.2 Å². The molecule has 0 aliphatic heterocycles. The van der Waals surface area contributed by atoms with E-state index in [0.29, 0.717) is 6.54 Å². The Labute approximate surface area is 104 Å². The quantitative estimate of drug-likeness (QED) is 0.718. The summed E-state index contributed by atoms with van der Waals surface area (Å²) in [5.74, 6) is -1.02. The summed E-state index contributed by atoms with van der Waals surface area (Å²) in [6, 6.07) is 1.28. The summed E-state index contributed by atoms with van der Waals surface area (Å²) in [5, 5.41) is 0. The van der Waals surface area contributed by atoms with Gasteiger partial charge < -0.3 is 14.0 Å². The number of nitrogens with zero attached hydrogens (tertiary/aromatic N) is 1. The zero-order chi connectivity index (χ0) is 13.5. The highest BCUT2D eigenvalue weighted by Gasteiger charge is 2.11. The minimum absolute atomic E-state index is 0.0258. The number of pyridine rings is 1. The van der Waals surface area contributed by atoms with Crippen molar-refractivity contribution in [2.24, 2.45) is 0 Å². The molecular weight excluding hydrogens is 238 g/mol.